The van der Waals surface area contributed by atoms with Crippen molar-refractivity contribution in [2.45, 2.75) is 51.7 Å². The summed E-state index contributed by atoms with van der Waals surface area (Å²) in [6.07, 6.45) is 3.22. The minimum Gasteiger partial charge on any atom is -0.465 e. The van der Waals surface area contributed by atoms with E-state index in [1.165, 1.54) is 12.0 Å². The molecule has 0 N–H and O–H groups in total. The fourth-order valence-electron chi connectivity index (χ4n) is 2.16. The number of hydrogen-bond acceptors (Lipinski definition) is 2. The number of ether oxygens (including phenoxy) is 2. The van der Waals surface area contributed by atoms with Crippen molar-refractivity contribution >= 4 is 15.9 Å². The second-order valence-electron chi connectivity index (χ2n) is 5.80. The van der Waals surface area contributed by atoms with Gasteiger partial charge < -0.3 is 9.47 Å². The Morgan fingerprint density at radius 3 is 2.67 bits per heavy atom. The first kappa shape index (κ1) is 13.9. The molecule has 1 aliphatic heterocycles. The normalized spacial score (nSPS) is 20.8. The van der Waals surface area contributed by atoms with E-state index in [1.54, 1.807) is 0 Å². The van der Waals surface area contributed by atoms with Gasteiger partial charge in [-0.2, -0.15) is 0 Å². The Bertz CT molecular complexity index is 403. The quantitative estimate of drug-likeness (QED) is 0.791. The van der Waals surface area contributed by atoms with Crippen LogP contribution in [0.25, 0.3) is 0 Å². The van der Waals surface area contributed by atoms with Gasteiger partial charge in [0.05, 0.1) is 6.61 Å². The van der Waals surface area contributed by atoms with Crippen molar-refractivity contribution in [2.75, 3.05) is 6.61 Å². The Morgan fingerprint density at radius 1 is 1.28 bits per heavy atom. The predicted octanol–water partition coefficient (Wildman–Crippen LogP) is 4.65. The monoisotopic (exact) mass is 312 g/mol. The largest absolute Gasteiger partial charge is 0.465 e. The van der Waals surface area contributed by atoms with E-state index < -0.39 is 0 Å². The Morgan fingerprint density at radius 2 is 2.06 bits per heavy atom. The maximum Gasteiger partial charge on any atom is 0.199 e. The summed E-state index contributed by atoms with van der Waals surface area (Å²) < 4.78 is 12.7. The highest BCUT2D eigenvalue weighted by atomic mass is 79.9. The van der Waals surface area contributed by atoms with Gasteiger partial charge in [-0.1, -0.05) is 42.8 Å². The molecule has 1 unspecified atom stereocenters. The van der Waals surface area contributed by atoms with Gasteiger partial charge in [-0.3, -0.25) is 0 Å². The SMILES string of the molecule is CC(C)(C)c1ccc(Br)cc1OC1CCCCO1. The van der Waals surface area contributed by atoms with Gasteiger partial charge in [0.2, 0.25) is 0 Å². The molecule has 2 rings (SSSR count). The average Bonchev–Trinajstić information content (AvgIpc) is 2.28. The average molecular weight is 313 g/mol. The molecule has 0 aliphatic carbocycles. The minimum atomic E-state index is -0.0888. The summed E-state index contributed by atoms with van der Waals surface area (Å²) in [6.45, 7) is 7.41. The molecule has 0 saturated carbocycles. The number of rotatable bonds is 2. The maximum atomic E-state index is 6.04. The van der Waals surface area contributed by atoms with Crippen LogP contribution in [-0.2, 0) is 10.2 Å². The van der Waals surface area contributed by atoms with Crippen LogP contribution in [-0.4, -0.2) is 12.9 Å². The lowest BCUT2D eigenvalue weighted by Gasteiger charge is -2.28. The van der Waals surface area contributed by atoms with Crippen LogP contribution in [0.3, 0.4) is 0 Å². The van der Waals surface area contributed by atoms with E-state index in [9.17, 15) is 0 Å². The van der Waals surface area contributed by atoms with Crippen molar-refractivity contribution in [3.63, 3.8) is 0 Å². The van der Waals surface area contributed by atoms with Gasteiger partial charge in [0.1, 0.15) is 5.75 Å². The third-order valence-corrected chi connectivity index (χ3v) is 3.64. The fourth-order valence-corrected chi connectivity index (χ4v) is 2.50. The molecule has 1 fully saturated rings. The molecule has 2 nitrogen and oxygen atoms in total. The van der Waals surface area contributed by atoms with Crippen LogP contribution in [0.5, 0.6) is 5.75 Å². The van der Waals surface area contributed by atoms with Crippen molar-refractivity contribution in [3.05, 3.63) is 28.2 Å². The van der Waals surface area contributed by atoms with E-state index >= 15 is 0 Å². The first-order valence-corrected chi connectivity index (χ1v) is 7.34. The van der Waals surface area contributed by atoms with Crippen LogP contribution in [0.4, 0.5) is 0 Å². The summed E-state index contributed by atoms with van der Waals surface area (Å²) in [5.41, 5.74) is 1.30. The topological polar surface area (TPSA) is 18.5 Å². The van der Waals surface area contributed by atoms with E-state index in [4.69, 9.17) is 9.47 Å². The zero-order chi connectivity index (χ0) is 13.2. The van der Waals surface area contributed by atoms with Gasteiger partial charge in [-0.25, -0.2) is 0 Å². The smallest absolute Gasteiger partial charge is 0.199 e. The van der Waals surface area contributed by atoms with Crippen LogP contribution in [0.1, 0.15) is 45.6 Å². The molecule has 0 amide bonds. The maximum absolute atomic E-state index is 6.04. The van der Waals surface area contributed by atoms with Gasteiger partial charge in [0, 0.05) is 10.9 Å². The first-order valence-electron chi connectivity index (χ1n) is 6.55. The van der Waals surface area contributed by atoms with Crippen LogP contribution in [0.15, 0.2) is 22.7 Å². The third-order valence-electron chi connectivity index (χ3n) is 3.15. The second-order valence-corrected chi connectivity index (χ2v) is 6.72. The molecule has 1 aliphatic rings. The Balaban J connectivity index is 2.21. The van der Waals surface area contributed by atoms with Crippen LogP contribution < -0.4 is 4.74 Å². The van der Waals surface area contributed by atoms with Crippen molar-refractivity contribution in [1.82, 2.24) is 0 Å². The predicted molar refractivity (Wildman–Crippen MR) is 77.1 cm³/mol. The summed E-state index contributed by atoms with van der Waals surface area (Å²) in [7, 11) is 0. The van der Waals surface area contributed by atoms with Gasteiger partial charge in [0.25, 0.3) is 0 Å². The summed E-state index contributed by atoms with van der Waals surface area (Å²) in [5, 5.41) is 0. The highest BCUT2D eigenvalue weighted by molar-refractivity contribution is 9.10. The van der Waals surface area contributed by atoms with Gasteiger partial charge in [-0.15, -0.1) is 0 Å². The lowest BCUT2D eigenvalue weighted by molar-refractivity contribution is -0.106. The summed E-state index contributed by atoms with van der Waals surface area (Å²) in [6, 6.07) is 6.23. The molecule has 1 atom stereocenters. The minimum absolute atomic E-state index is 0.0741. The second kappa shape index (κ2) is 5.62. The summed E-state index contributed by atoms with van der Waals surface area (Å²) >= 11 is 3.51. The molecular formula is C15H21BrO2. The molecule has 18 heavy (non-hydrogen) atoms. The summed E-state index contributed by atoms with van der Waals surface area (Å²) in [5.74, 6) is 0.934. The Hall–Kier alpha value is -0.540. The van der Waals surface area contributed by atoms with E-state index in [0.717, 1.165) is 29.7 Å². The highest BCUT2D eigenvalue weighted by Gasteiger charge is 2.22. The highest BCUT2D eigenvalue weighted by Crippen LogP contribution is 2.34. The van der Waals surface area contributed by atoms with E-state index in [0.29, 0.717) is 0 Å². The standard InChI is InChI=1S/C15H21BrO2/c1-15(2,3)12-8-7-11(16)10-13(12)18-14-6-4-5-9-17-14/h7-8,10,14H,4-6,9H2,1-3H3. The van der Waals surface area contributed by atoms with Gasteiger partial charge in [-0.05, 0) is 36.0 Å². The van der Waals surface area contributed by atoms with Crippen LogP contribution in [0, 0.1) is 0 Å². The molecule has 1 aromatic rings. The zero-order valence-electron chi connectivity index (χ0n) is 11.3. The molecule has 1 saturated heterocycles. The number of hydrogen-bond donors (Lipinski definition) is 0. The summed E-state index contributed by atoms with van der Waals surface area (Å²) in [4.78, 5) is 0. The van der Waals surface area contributed by atoms with Crippen molar-refractivity contribution in [3.8, 4) is 5.75 Å². The van der Waals surface area contributed by atoms with Crippen molar-refractivity contribution in [2.24, 2.45) is 0 Å². The van der Waals surface area contributed by atoms with E-state index in [1.807, 2.05) is 6.07 Å². The Labute approximate surface area is 118 Å². The zero-order valence-corrected chi connectivity index (χ0v) is 12.9. The number of halogens is 1. The fraction of sp³-hybridized carbons (Fsp3) is 0.600. The lowest BCUT2D eigenvalue weighted by Crippen LogP contribution is -2.26. The molecule has 3 heteroatoms. The Kier molecular flexibility index (Phi) is 4.33. The lowest BCUT2D eigenvalue weighted by atomic mass is 9.86. The van der Waals surface area contributed by atoms with Crippen LogP contribution >= 0.6 is 15.9 Å². The molecule has 0 spiro atoms. The van der Waals surface area contributed by atoms with E-state index in [-0.39, 0.29) is 11.7 Å². The first-order chi connectivity index (χ1) is 8.47. The van der Waals surface area contributed by atoms with Gasteiger partial charge >= 0.3 is 0 Å². The molecule has 1 heterocycles. The molecule has 0 aromatic heterocycles. The van der Waals surface area contributed by atoms with E-state index in [2.05, 4.69) is 48.8 Å². The molecule has 0 radical (unpaired) electrons. The molecular weight excluding hydrogens is 292 g/mol. The van der Waals surface area contributed by atoms with Crippen molar-refractivity contribution < 1.29 is 9.47 Å². The van der Waals surface area contributed by atoms with Crippen LogP contribution in [0.2, 0.25) is 0 Å². The molecule has 100 valence electrons. The molecule has 1 aromatic carbocycles. The third kappa shape index (κ3) is 3.48. The van der Waals surface area contributed by atoms with Crippen molar-refractivity contribution in [1.29, 1.82) is 0 Å². The number of benzene rings is 1. The van der Waals surface area contributed by atoms with Gasteiger partial charge in [0.15, 0.2) is 6.29 Å². The molecule has 0 bridgehead atoms.